The Hall–Kier alpha value is -3.35. The van der Waals surface area contributed by atoms with E-state index in [0.717, 1.165) is 10.7 Å². The molecule has 0 aliphatic carbocycles. The van der Waals surface area contributed by atoms with Gasteiger partial charge < -0.3 is 24.6 Å². The van der Waals surface area contributed by atoms with E-state index in [0.29, 0.717) is 51.0 Å². The number of alkyl halides is 3. The van der Waals surface area contributed by atoms with Crippen LogP contribution < -0.4 is 10.1 Å². The predicted molar refractivity (Wildman–Crippen MR) is 126 cm³/mol. The number of halogens is 4. The van der Waals surface area contributed by atoms with E-state index in [9.17, 15) is 27.2 Å². The molecule has 3 aliphatic heterocycles. The van der Waals surface area contributed by atoms with E-state index in [4.69, 9.17) is 9.47 Å². The molecule has 0 saturated carbocycles. The van der Waals surface area contributed by atoms with Crippen LogP contribution in [0.2, 0.25) is 0 Å². The molecule has 3 aliphatic rings. The molecule has 13 heteroatoms. The van der Waals surface area contributed by atoms with Crippen molar-refractivity contribution in [3.05, 3.63) is 47.4 Å². The second-order valence-corrected chi connectivity index (χ2v) is 9.94. The summed E-state index contributed by atoms with van der Waals surface area (Å²) in [6, 6.07) is 6.16. The van der Waals surface area contributed by atoms with Crippen molar-refractivity contribution in [1.82, 2.24) is 24.9 Å². The van der Waals surface area contributed by atoms with Crippen LogP contribution in [-0.4, -0.2) is 76.5 Å². The van der Waals surface area contributed by atoms with Crippen molar-refractivity contribution in [3.63, 3.8) is 0 Å². The molecule has 2 aromatic rings. The highest BCUT2D eigenvalue weighted by atomic mass is 19.4. The van der Waals surface area contributed by atoms with E-state index in [1.54, 1.807) is 21.9 Å². The Balaban J connectivity index is 1.26. The second-order valence-electron chi connectivity index (χ2n) is 9.94. The molecule has 0 bridgehead atoms. The largest absolute Gasteiger partial charge is 0.468 e. The highest BCUT2D eigenvalue weighted by Gasteiger charge is 2.40. The minimum Gasteiger partial charge on any atom is -0.468 e. The first-order valence-corrected chi connectivity index (χ1v) is 12.6. The van der Waals surface area contributed by atoms with Gasteiger partial charge in [0.1, 0.15) is 24.2 Å². The van der Waals surface area contributed by atoms with Gasteiger partial charge in [-0.05, 0) is 37.0 Å². The second kappa shape index (κ2) is 10.4. The summed E-state index contributed by atoms with van der Waals surface area (Å²) in [6.07, 6.45) is -3.65. The molecule has 3 atom stereocenters. The fourth-order valence-electron chi connectivity index (χ4n) is 5.45. The third kappa shape index (κ3) is 5.57. The number of hydrogen-bond donors (Lipinski definition) is 1. The van der Waals surface area contributed by atoms with Gasteiger partial charge in [0.2, 0.25) is 11.8 Å². The number of benzene rings is 1. The van der Waals surface area contributed by atoms with Crippen LogP contribution in [0.3, 0.4) is 0 Å². The fraction of sp³-hybridized carbons (Fsp3) is 0.560. The summed E-state index contributed by atoms with van der Waals surface area (Å²) < 4.78 is 65.7. The molecule has 9 nitrogen and oxygen atoms in total. The zero-order chi connectivity index (χ0) is 27.0. The van der Waals surface area contributed by atoms with Gasteiger partial charge in [0, 0.05) is 45.2 Å². The number of morpholine rings is 1. The van der Waals surface area contributed by atoms with E-state index in [2.05, 4.69) is 10.4 Å². The van der Waals surface area contributed by atoms with Crippen LogP contribution in [0.4, 0.5) is 22.4 Å². The standard InChI is InChI=1S/C25H29F4N5O4/c1-32-20(25(27,28)29)12-22(31-32)38-23(15-2-4-17(26)5-3-15)16-6-9-33(10-7-16)24(36)34-11-8-19-18(13-34)30-21(35)14-37-19/h2-5,12,16,18-19,23H,6-11,13-14H2,1H3,(H,30,35)/t18-,19+,23?/m1/s1. The lowest BCUT2D eigenvalue weighted by Crippen LogP contribution is -2.62. The highest BCUT2D eigenvalue weighted by molar-refractivity contribution is 5.79. The molecule has 206 valence electrons. The molecule has 1 unspecified atom stereocenters. The van der Waals surface area contributed by atoms with E-state index in [-0.39, 0.29) is 42.5 Å². The van der Waals surface area contributed by atoms with Crippen molar-refractivity contribution in [3.8, 4) is 5.88 Å². The summed E-state index contributed by atoms with van der Waals surface area (Å²) >= 11 is 0. The van der Waals surface area contributed by atoms with Gasteiger partial charge >= 0.3 is 12.2 Å². The van der Waals surface area contributed by atoms with Crippen molar-refractivity contribution in [2.24, 2.45) is 13.0 Å². The van der Waals surface area contributed by atoms with Crippen LogP contribution in [0.25, 0.3) is 0 Å². The molecule has 3 saturated heterocycles. The molecular formula is C25H29F4N5O4. The summed E-state index contributed by atoms with van der Waals surface area (Å²) in [6.45, 7) is 1.79. The van der Waals surface area contributed by atoms with Crippen molar-refractivity contribution in [2.75, 3.05) is 32.8 Å². The number of aromatic nitrogens is 2. The topological polar surface area (TPSA) is 88.9 Å². The molecule has 38 heavy (non-hydrogen) atoms. The van der Waals surface area contributed by atoms with E-state index in [1.165, 1.54) is 19.2 Å². The lowest BCUT2D eigenvalue weighted by atomic mass is 9.87. The number of nitrogens with one attached hydrogen (secondary N) is 1. The first kappa shape index (κ1) is 26.3. The predicted octanol–water partition coefficient (Wildman–Crippen LogP) is 3.12. The minimum absolute atomic E-state index is 0.0376. The number of fused-ring (bicyclic) bond motifs is 1. The number of urea groups is 1. The number of aryl methyl sites for hydroxylation is 1. The lowest BCUT2D eigenvalue weighted by molar-refractivity contribution is -0.143. The number of carbonyl (C=O) groups is 2. The van der Waals surface area contributed by atoms with Gasteiger partial charge in [0.05, 0.1) is 12.1 Å². The third-order valence-electron chi connectivity index (χ3n) is 7.43. The first-order chi connectivity index (χ1) is 18.1. The maximum Gasteiger partial charge on any atom is 0.433 e. The molecular weight excluding hydrogens is 510 g/mol. The van der Waals surface area contributed by atoms with Crippen molar-refractivity contribution >= 4 is 11.9 Å². The Kier molecular flexibility index (Phi) is 7.21. The summed E-state index contributed by atoms with van der Waals surface area (Å²) in [5.74, 6) is -0.943. The third-order valence-corrected chi connectivity index (χ3v) is 7.43. The monoisotopic (exact) mass is 539 g/mol. The number of rotatable bonds is 4. The van der Waals surface area contributed by atoms with Gasteiger partial charge in [-0.1, -0.05) is 12.1 Å². The maximum atomic E-state index is 13.6. The number of hydrogen-bond acceptors (Lipinski definition) is 5. The molecule has 5 rings (SSSR count). The number of likely N-dealkylation sites (tertiary alicyclic amines) is 2. The van der Waals surface area contributed by atoms with Crippen LogP contribution in [0.1, 0.15) is 36.6 Å². The van der Waals surface area contributed by atoms with Crippen LogP contribution >= 0.6 is 0 Å². The molecule has 0 radical (unpaired) electrons. The lowest BCUT2D eigenvalue weighted by Gasteiger charge is -2.43. The molecule has 1 aromatic heterocycles. The van der Waals surface area contributed by atoms with Gasteiger partial charge in [-0.2, -0.15) is 13.2 Å². The van der Waals surface area contributed by atoms with Gasteiger partial charge in [0.25, 0.3) is 0 Å². The van der Waals surface area contributed by atoms with Gasteiger partial charge in [0.15, 0.2) is 0 Å². The van der Waals surface area contributed by atoms with Gasteiger partial charge in [-0.3, -0.25) is 9.48 Å². The van der Waals surface area contributed by atoms with Crippen molar-refractivity contribution < 1.29 is 36.6 Å². The zero-order valence-corrected chi connectivity index (χ0v) is 20.8. The summed E-state index contributed by atoms with van der Waals surface area (Å²) in [5.41, 5.74) is -0.320. The van der Waals surface area contributed by atoms with Crippen LogP contribution in [0.5, 0.6) is 5.88 Å². The zero-order valence-electron chi connectivity index (χ0n) is 20.8. The van der Waals surface area contributed by atoms with E-state index < -0.39 is 23.8 Å². The van der Waals surface area contributed by atoms with Gasteiger partial charge in [-0.25, -0.2) is 9.18 Å². The van der Waals surface area contributed by atoms with E-state index >= 15 is 0 Å². The summed E-state index contributed by atoms with van der Waals surface area (Å²) in [5, 5.41) is 6.78. The Bertz CT molecular complexity index is 1160. The molecule has 1 N–H and O–H groups in total. The van der Waals surface area contributed by atoms with Crippen molar-refractivity contribution in [2.45, 2.75) is 43.7 Å². The Morgan fingerprint density at radius 2 is 1.82 bits per heavy atom. The minimum atomic E-state index is -4.58. The number of carbonyl (C=O) groups excluding carboxylic acids is 2. The van der Waals surface area contributed by atoms with Crippen LogP contribution in [-0.2, 0) is 22.8 Å². The first-order valence-electron chi connectivity index (χ1n) is 12.6. The Labute approximate surface area is 216 Å². The smallest absolute Gasteiger partial charge is 0.433 e. The SMILES string of the molecule is Cn1nc(OC(c2ccc(F)cc2)C2CCN(C(=O)N3CC[C@@H]4OCC(=O)N[C@@H]4C3)CC2)cc1C(F)(F)F. The average Bonchev–Trinajstić information content (AvgIpc) is 3.28. The number of amides is 3. The van der Waals surface area contributed by atoms with Crippen molar-refractivity contribution in [1.29, 1.82) is 0 Å². The quantitative estimate of drug-likeness (QED) is 0.604. The summed E-state index contributed by atoms with van der Waals surface area (Å²) in [7, 11) is 1.19. The Morgan fingerprint density at radius 3 is 2.47 bits per heavy atom. The molecule has 3 fully saturated rings. The average molecular weight is 540 g/mol. The van der Waals surface area contributed by atoms with Crippen LogP contribution in [0.15, 0.2) is 30.3 Å². The number of ether oxygens (including phenoxy) is 2. The van der Waals surface area contributed by atoms with E-state index in [1.807, 2.05) is 0 Å². The normalized spacial score (nSPS) is 23.6. The fourth-order valence-corrected chi connectivity index (χ4v) is 5.45. The maximum absolute atomic E-state index is 13.6. The molecule has 4 heterocycles. The number of piperidine rings is 2. The van der Waals surface area contributed by atoms with Crippen LogP contribution in [0, 0.1) is 11.7 Å². The molecule has 3 amide bonds. The molecule has 1 aromatic carbocycles. The highest BCUT2D eigenvalue weighted by Crippen LogP contribution is 2.37. The summed E-state index contributed by atoms with van der Waals surface area (Å²) in [4.78, 5) is 28.4. The molecule has 0 spiro atoms. The van der Waals surface area contributed by atoms with Gasteiger partial charge in [-0.15, -0.1) is 5.10 Å². The number of nitrogens with zero attached hydrogens (tertiary/aromatic N) is 4. The Morgan fingerprint density at radius 1 is 1.13 bits per heavy atom.